The van der Waals surface area contributed by atoms with Crippen LogP contribution in [0.25, 0.3) is 0 Å². The van der Waals surface area contributed by atoms with Crippen molar-refractivity contribution in [3.8, 4) is 11.5 Å². The molecule has 0 spiro atoms. The molecule has 1 amide bonds. The lowest BCUT2D eigenvalue weighted by molar-refractivity contribution is -0.127. The van der Waals surface area contributed by atoms with Gasteiger partial charge in [-0.25, -0.2) is 4.99 Å². The molecular formula is C23H30F2N4O3. The number of ether oxygens (including phenoxy) is 2. The largest absolute Gasteiger partial charge is 0.490 e. The number of benzene rings is 2. The lowest BCUT2D eigenvalue weighted by Crippen LogP contribution is -2.43. The Morgan fingerprint density at radius 1 is 1.12 bits per heavy atom. The first-order valence-corrected chi connectivity index (χ1v) is 10.3. The second kappa shape index (κ2) is 12.5. The van der Waals surface area contributed by atoms with Crippen molar-refractivity contribution in [1.82, 2.24) is 15.5 Å². The molecule has 0 aliphatic carbocycles. The molecule has 0 saturated carbocycles. The highest BCUT2D eigenvalue weighted by molar-refractivity contribution is 5.86. The van der Waals surface area contributed by atoms with Gasteiger partial charge in [-0.15, -0.1) is 0 Å². The molecule has 2 aromatic rings. The van der Waals surface area contributed by atoms with Crippen LogP contribution >= 0.6 is 0 Å². The Morgan fingerprint density at radius 3 is 2.47 bits per heavy atom. The zero-order valence-corrected chi connectivity index (χ0v) is 18.8. The van der Waals surface area contributed by atoms with E-state index in [1.54, 1.807) is 39.2 Å². The molecule has 0 aliphatic rings. The van der Waals surface area contributed by atoms with Crippen LogP contribution in [0.5, 0.6) is 11.5 Å². The SMILES string of the molecule is CCOc1cccc(CN=C(NCC(=O)N(C)C)NC(C)c2ccccc2)c1OC(F)F. The molecule has 174 valence electrons. The fraction of sp³-hybridized carbons (Fsp3) is 0.391. The Hall–Kier alpha value is -3.36. The van der Waals surface area contributed by atoms with Crippen LogP contribution < -0.4 is 20.1 Å². The van der Waals surface area contributed by atoms with Crippen LogP contribution in [0.4, 0.5) is 8.78 Å². The zero-order valence-electron chi connectivity index (χ0n) is 18.8. The summed E-state index contributed by atoms with van der Waals surface area (Å²) in [6.45, 7) is 1.10. The standard InChI is InChI=1S/C23H30F2N4O3/c1-5-31-19-13-9-12-18(21(19)32-22(24)25)14-26-23(27-15-20(30)29(3)4)28-16(2)17-10-7-6-8-11-17/h6-13,16,22H,5,14-15H2,1-4H3,(H2,26,27,28). The van der Waals surface area contributed by atoms with E-state index in [9.17, 15) is 13.6 Å². The second-order valence-electron chi connectivity index (χ2n) is 7.14. The van der Waals surface area contributed by atoms with E-state index in [0.29, 0.717) is 18.1 Å². The quantitative estimate of drug-likeness (QED) is 0.429. The van der Waals surface area contributed by atoms with Gasteiger partial charge in [-0.3, -0.25) is 4.79 Å². The maximum absolute atomic E-state index is 13.0. The minimum Gasteiger partial charge on any atom is -0.490 e. The van der Waals surface area contributed by atoms with Crippen LogP contribution in [-0.4, -0.2) is 50.6 Å². The highest BCUT2D eigenvalue weighted by Gasteiger charge is 2.16. The average Bonchev–Trinajstić information content (AvgIpc) is 2.77. The minimum atomic E-state index is -2.99. The van der Waals surface area contributed by atoms with Gasteiger partial charge in [0, 0.05) is 19.7 Å². The van der Waals surface area contributed by atoms with Crippen LogP contribution in [0.15, 0.2) is 53.5 Å². The number of likely N-dealkylation sites (N-methyl/N-ethyl adjacent to an activating group) is 1. The molecule has 2 rings (SSSR count). The van der Waals surface area contributed by atoms with Gasteiger partial charge in [-0.2, -0.15) is 8.78 Å². The van der Waals surface area contributed by atoms with E-state index >= 15 is 0 Å². The van der Waals surface area contributed by atoms with Crippen molar-refractivity contribution < 1.29 is 23.0 Å². The third-order valence-corrected chi connectivity index (χ3v) is 4.53. The maximum atomic E-state index is 13.0. The summed E-state index contributed by atoms with van der Waals surface area (Å²) >= 11 is 0. The van der Waals surface area contributed by atoms with Gasteiger partial charge < -0.3 is 25.0 Å². The average molecular weight is 449 g/mol. The lowest BCUT2D eigenvalue weighted by Gasteiger charge is -2.20. The molecule has 2 aromatic carbocycles. The third-order valence-electron chi connectivity index (χ3n) is 4.53. The lowest BCUT2D eigenvalue weighted by atomic mass is 10.1. The predicted octanol–water partition coefficient (Wildman–Crippen LogP) is 3.57. The number of nitrogens with one attached hydrogen (secondary N) is 2. The smallest absolute Gasteiger partial charge is 0.387 e. The summed E-state index contributed by atoms with van der Waals surface area (Å²) in [7, 11) is 3.32. The number of alkyl halides is 2. The van der Waals surface area contributed by atoms with Crippen molar-refractivity contribution >= 4 is 11.9 Å². The molecule has 0 aliphatic heterocycles. The number of guanidine groups is 1. The van der Waals surface area contributed by atoms with Crippen LogP contribution in [0, 0.1) is 0 Å². The molecule has 0 aromatic heterocycles. The minimum absolute atomic E-state index is 0.0275. The Balaban J connectivity index is 2.27. The van der Waals surface area contributed by atoms with Crippen LogP contribution in [0.3, 0.4) is 0 Å². The van der Waals surface area contributed by atoms with Crippen LogP contribution in [-0.2, 0) is 11.3 Å². The molecule has 1 atom stereocenters. The first kappa shape index (κ1) is 24.9. The van der Waals surface area contributed by atoms with E-state index in [1.165, 1.54) is 4.90 Å². The van der Waals surface area contributed by atoms with Gasteiger partial charge in [0.25, 0.3) is 0 Å². The molecular weight excluding hydrogens is 418 g/mol. The number of aliphatic imine (C=N–C) groups is 1. The van der Waals surface area contributed by atoms with E-state index in [1.807, 2.05) is 37.3 Å². The number of carbonyl (C=O) groups is 1. The Kier molecular flexibility index (Phi) is 9.72. The molecule has 7 nitrogen and oxygen atoms in total. The Labute approximate surface area is 187 Å². The van der Waals surface area contributed by atoms with Gasteiger partial charge in [0.05, 0.1) is 25.7 Å². The number of rotatable bonds is 10. The number of amides is 1. The van der Waals surface area contributed by atoms with E-state index < -0.39 is 6.61 Å². The number of para-hydroxylation sites is 1. The first-order valence-electron chi connectivity index (χ1n) is 10.3. The summed E-state index contributed by atoms with van der Waals surface area (Å²) in [5.74, 6) is 0.407. The highest BCUT2D eigenvalue weighted by atomic mass is 19.3. The number of halogens is 2. The van der Waals surface area contributed by atoms with Crippen molar-refractivity contribution in [3.63, 3.8) is 0 Å². The molecule has 9 heteroatoms. The molecule has 0 radical (unpaired) electrons. The number of hydrogen-bond donors (Lipinski definition) is 2. The molecule has 0 bridgehead atoms. The maximum Gasteiger partial charge on any atom is 0.387 e. The third kappa shape index (κ3) is 7.72. The monoisotopic (exact) mass is 448 g/mol. The molecule has 1 unspecified atom stereocenters. The van der Waals surface area contributed by atoms with Gasteiger partial charge in [-0.1, -0.05) is 42.5 Å². The van der Waals surface area contributed by atoms with E-state index in [-0.39, 0.29) is 36.5 Å². The molecule has 0 heterocycles. The summed E-state index contributed by atoms with van der Waals surface area (Å²) in [5.41, 5.74) is 1.46. The normalized spacial score (nSPS) is 12.3. The van der Waals surface area contributed by atoms with E-state index in [2.05, 4.69) is 15.6 Å². The molecule has 0 fully saturated rings. The number of hydrogen-bond acceptors (Lipinski definition) is 4. The summed E-state index contributed by atoms with van der Waals surface area (Å²) in [4.78, 5) is 18.0. The second-order valence-corrected chi connectivity index (χ2v) is 7.14. The summed E-state index contributed by atoms with van der Waals surface area (Å²) in [6, 6.07) is 14.5. The summed E-state index contributed by atoms with van der Waals surface area (Å²) < 4.78 is 36.1. The fourth-order valence-electron chi connectivity index (χ4n) is 2.84. The molecule has 2 N–H and O–H groups in total. The van der Waals surface area contributed by atoms with Crippen molar-refractivity contribution in [2.24, 2.45) is 4.99 Å². The van der Waals surface area contributed by atoms with Gasteiger partial charge in [0.1, 0.15) is 0 Å². The fourth-order valence-corrected chi connectivity index (χ4v) is 2.84. The predicted molar refractivity (Wildman–Crippen MR) is 120 cm³/mol. The zero-order chi connectivity index (χ0) is 23.5. The van der Waals surface area contributed by atoms with Gasteiger partial charge in [0.15, 0.2) is 17.5 Å². The van der Waals surface area contributed by atoms with Gasteiger partial charge in [-0.05, 0) is 25.5 Å². The van der Waals surface area contributed by atoms with Crippen molar-refractivity contribution in [2.75, 3.05) is 27.2 Å². The van der Waals surface area contributed by atoms with Gasteiger partial charge >= 0.3 is 6.61 Å². The first-order chi connectivity index (χ1) is 15.3. The van der Waals surface area contributed by atoms with Crippen LogP contribution in [0.2, 0.25) is 0 Å². The van der Waals surface area contributed by atoms with Crippen molar-refractivity contribution in [2.45, 2.75) is 33.0 Å². The summed E-state index contributed by atoms with van der Waals surface area (Å²) in [5, 5.41) is 6.24. The Morgan fingerprint density at radius 2 is 1.84 bits per heavy atom. The topological polar surface area (TPSA) is 75.2 Å². The van der Waals surface area contributed by atoms with Crippen LogP contribution in [0.1, 0.15) is 31.0 Å². The number of nitrogens with zero attached hydrogens (tertiary/aromatic N) is 2. The Bertz CT molecular complexity index is 892. The highest BCUT2D eigenvalue weighted by Crippen LogP contribution is 2.33. The number of carbonyl (C=O) groups excluding carboxylic acids is 1. The van der Waals surface area contributed by atoms with Crippen molar-refractivity contribution in [1.29, 1.82) is 0 Å². The van der Waals surface area contributed by atoms with E-state index in [0.717, 1.165) is 5.56 Å². The molecule has 0 saturated heterocycles. The molecule has 32 heavy (non-hydrogen) atoms. The van der Waals surface area contributed by atoms with E-state index in [4.69, 9.17) is 9.47 Å². The van der Waals surface area contributed by atoms with Crippen molar-refractivity contribution in [3.05, 3.63) is 59.7 Å². The van der Waals surface area contributed by atoms with Gasteiger partial charge in [0.2, 0.25) is 5.91 Å². The summed E-state index contributed by atoms with van der Waals surface area (Å²) in [6.07, 6.45) is 0.